The second-order valence-electron chi connectivity index (χ2n) is 9.48. The lowest BCUT2D eigenvalue weighted by Crippen LogP contribution is -2.55. The fraction of sp³-hybridized carbons (Fsp3) is 0.609. The van der Waals surface area contributed by atoms with Crippen molar-refractivity contribution >= 4 is 29.1 Å². The van der Waals surface area contributed by atoms with Crippen molar-refractivity contribution in [2.45, 2.75) is 51.0 Å². The van der Waals surface area contributed by atoms with Crippen LogP contribution in [0.2, 0.25) is 5.15 Å². The molecule has 4 fully saturated rings. The van der Waals surface area contributed by atoms with Gasteiger partial charge in [-0.2, -0.15) is 0 Å². The highest BCUT2D eigenvalue weighted by atomic mass is 35.5. The van der Waals surface area contributed by atoms with E-state index < -0.39 is 0 Å². The van der Waals surface area contributed by atoms with Gasteiger partial charge in [0.15, 0.2) is 17.1 Å². The number of ether oxygens (including phenoxy) is 1. The van der Waals surface area contributed by atoms with Crippen LogP contribution in [0.5, 0.6) is 5.75 Å². The predicted octanol–water partition coefficient (Wildman–Crippen LogP) is 3.35. The van der Waals surface area contributed by atoms with Gasteiger partial charge in [0, 0.05) is 25.3 Å². The molecule has 164 valence electrons. The summed E-state index contributed by atoms with van der Waals surface area (Å²) in [6.07, 6.45) is 7.88. The minimum absolute atomic E-state index is 0.0387. The van der Waals surface area contributed by atoms with E-state index in [-0.39, 0.29) is 29.2 Å². The molecular formula is C23H27ClN4O3. The molecule has 0 N–H and O–H groups in total. The quantitative estimate of drug-likeness (QED) is 0.712. The molecule has 3 heterocycles. The van der Waals surface area contributed by atoms with Gasteiger partial charge in [0.25, 0.3) is 5.91 Å². The Morgan fingerprint density at radius 3 is 2.68 bits per heavy atom. The number of pyridine rings is 1. The van der Waals surface area contributed by atoms with Crippen molar-refractivity contribution in [1.82, 2.24) is 19.2 Å². The molecular weight excluding hydrogens is 416 g/mol. The number of aromatic nitrogens is 2. The zero-order valence-electron chi connectivity index (χ0n) is 17.7. The van der Waals surface area contributed by atoms with Crippen molar-refractivity contribution in [3.63, 3.8) is 0 Å². The number of imidazole rings is 1. The lowest BCUT2D eigenvalue weighted by atomic mass is 10.1. The van der Waals surface area contributed by atoms with E-state index in [4.69, 9.17) is 16.3 Å². The Hall–Kier alpha value is -2.28. The van der Waals surface area contributed by atoms with Gasteiger partial charge >= 0.3 is 0 Å². The molecule has 0 bridgehead atoms. The number of carbonyl (C=O) groups excluding carboxylic acids is 2. The molecule has 8 heteroatoms. The molecule has 0 radical (unpaired) electrons. The van der Waals surface area contributed by atoms with E-state index in [1.807, 2.05) is 24.1 Å². The monoisotopic (exact) mass is 442 g/mol. The number of halogens is 1. The lowest BCUT2D eigenvalue weighted by Gasteiger charge is -2.38. The molecule has 1 aliphatic heterocycles. The van der Waals surface area contributed by atoms with Gasteiger partial charge in [0.2, 0.25) is 5.91 Å². The third kappa shape index (κ3) is 3.28. The molecule has 2 amide bonds. The summed E-state index contributed by atoms with van der Waals surface area (Å²) in [4.78, 5) is 34.2. The Labute approximate surface area is 186 Å². The Morgan fingerprint density at radius 1 is 1.23 bits per heavy atom. The zero-order valence-corrected chi connectivity index (χ0v) is 18.5. The highest BCUT2D eigenvalue weighted by Gasteiger charge is 2.49. The molecule has 2 unspecified atom stereocenters. The van der Waals surface area contributed by atoms with Gasteiger partial charge in [-0.3, -0.25) is 14.0 Å². The van der Waals surface area contributed by atoms with Crippen molar-refractivity contribution in [2.75, 3.05) is 26.2 Å². The van der Waals surface area contributed by atoms with Crippen LogP contribution in [0.1, 0.15) is 61.0 Å². The summed E-state index contributed by atoms with van der Waals surface area (Å²) in [6, 6.07) is 2.38. The second-order valence-corrected chi connectivity index (χ2v) is 9.84. The molecule has 0 aromatic carbocycles. The topological polar surface area (TPSA) is 67.2 Å². The standard InChI is InChI=1S/C23H27ClN4O3/c1-2-31-18-10-16(13-3-4-13)11-28-21(24)20(25-22(18)28)23(30)26-5-6-27(19(29)12-26)17-8-14-7-15(14)9-17/h10-11,13-15,17H,2-9,12H2,1H3. The van der Waals surface area contributed by atoms with Crippen LogP contribution in [0.15, 0.2) is 12.3 Å². The summed E-state index contributed by atoms with van der Waals surface area (Å²) in [6.45, 7) is 3.65. The smallest absolute Gasteiger partial charge is 0.276 e. The van der Waals surface area contributed by atoms with E-state index >= 15 is 0 Å². The first-order valence-electron chi connectivity index (χ1n) is 11.5. The maximum Gasteiger partial charge on any atom is 0.276 e. The Balaban J connectivity index is 1.25. The number of hydrogen-bond donors (Lipinski definition) is 0. The summed E-state index contributed by atoms with van der Waals surface area (Å²) in [5.74, 6) is 2.58. The van der Waals surface area contributed by atoms with E-state index in [0.717, 1.165) is 43.1 Å². The van der Waals surface area contributed by atoms with E-state index in [2.05, 4.69) is 4.98 Å². The van der Waals surface area contributed by atoms with Gasteiger partial charge in [-0.15, -0.1) is 0 Å². The molecule has 0 spiro atoms. The number of carbonyl (C=O) groups is 2. The lowest BCUT2D eigenvalue weighted by molar-refractivity contribution is -0.137. The Kier molecular flexibility index (Phi) is 4.46. The second kappa shape index (κ2) is 7.12. The van der Waals surface area contributed by atoms with Crippen LogP contribution in [0, 0.1) is 11.8 Å². The van der Waals surface area contributed by atoms with Crippen molar-refractivity contribution in [1.29, 1.82) is 0 Å². The SMILES string of the molecule is CCOc1cc(C2CC2)cn2c(Cl)c(C(=O)N3CCN(C4CC5CC5C4)C(=O)C3)nc12. The molecule has 6 rings (SSSR count). The van der Waals surface area contributed by atoms with Crippen LogP contribution in [-0.4, -0.2) is 63.3 Å². The molecule has 7 nitrogen and oxygen atoms in total. The van der Waals surface area contributed by atoms with Crippen LogP contribution in [0.3, 0.4) is 0 Å². The van der Waals surface area contributed by atoms with E-state index in [1.165, 1.54) is 6.42 Å². The van der Waals surface area contributed by atoms with E-state index in [1.54, 1.807) is 9.30 Å². The Morgan fingerprint density at radius 2 is 2.00 bits per heavy atom. The summed E-state index contributed by atoms with van der Waals surface area (Å²) < 4.78 is 7.56. The largest absolute Gasteiger partial charge is 0.490 e. The fourth-order valence-electron chi connectivity index (χ4n) is 5.48. The molecule has 2 atom stereocenters. The van der Waals surface area contributed by atoms with E-state index in [9.17, 15) is 9.59 Å². The van der Waals surface area contributed by atoms with E-state index in [0.29, 0.717) is 43.1 Å². The normalized spacial score (nSPS) is 27.7. The molecule has 1 saturated heterocycles. The van der Waals surface area contributed by atoms with Crippen molar-refractivity contribution < 1.29 is 14.3 Å². The van der Waals surface area contributed by atoms with Crippen LogP contribution < -0.4 is 4.74 Å². The van der Waals surface area contributed by atoms with Crippen molar-refractivity contribution in [2.24, 2.45) is 11.8 Å². The fourth-order valence-corrected chi connectivity index (χ4v) is 5.73. The van der Waals surface area contributed by atoms with Gasteiger partial charge in [0.1, 0.15) is 11.7 Å². The molecule has 4 aliphatic rings. The number of hydrogen-bond acceptors (Lipinski definition) is 4. The van der Waals surface area contributed by atoms with Crippen molar-refractivity contribution in [3.8, 4) is 5.75 Å². The van der Waals surface area contributed by atoms with Gasteiger partial charge in [-0.25, -0.2) is 4.98 Å². The summed E-state index contributed by atoms with van der Waals surface area (Å²) in [5.41, 5.74) is 1.90. The molecule has 3 saturated carbocycles. The maximum atomic E-state index is 13.3. The maximum absolute atomic E-state index is 13.3. The van der Waals surface area contributed by atoms with Gasteiger partial charge in [-0.05, 0) is 68.4 Å². The van der Waals surface area contributed by atoms with Crippen molar-refractivity contribution in [3.05, 3.63) is 28.7 Å². The van der Waals surface area contributed by atoms with Gasteiger partial charge < -0.3 is 14.5 Å². The van der Waals surface area contributed by atoms with Crippen LogP contribution in [0.4, 0.5) is 0 Å². The first kappa shape index (κ1) is 19.4. The Bertz CT molecular complexity index is 1070. The summed E-state index contributed by atoms with van der Waals surface area (Å²) in [5, 5.41) is 0.286. The highest BCUT2D eigenvalue weighted by molar-refractivity contribution is 6.33. The molecule has 31 heavy (non-hydrogen) atoms. The minimum Gasteiger partial charge on any atom is -0.490 e. The average Bonchev–Trinajstić information content (AvgIpc) is 3.68. The van der Waals surface area contributed by atoms with Crippen LogP contribution in [-0.2, 0) is 4.79 Å². The van der Waals surface area contributed by atoms with Gasteiger partial charge in [0.05, 0.1) is 6.61 Å². The first-order valence-corrected chi connectivity index (χ1v) is 11.8. The number of amides is 2. The minimum atomic E-state index is -0.286. The number of rotatable bonds is 5. The molecule has 3 aliphatic carbocycles. The number of fused-ring (bicyclic) bond motifs is 2. The zero-order chi connectivity index (χ0) is 21.3. The van der Waals surface area contributed by atoms with Crippen LogP contribution in [0.25, 0.3) is 5.65 Å². The number of piperazine rings is 1. The third-order valence-electron chi connectivity index (χ3n) is 7.40. The first-order chi connectivity index (χ1) is 15.0. The summed E-state index contributed by atoms with van der Waals surface area (Å²) >= 11 is 6.63. The molecule has 2 aromatic heterocycles. The summed E-state index contributed by atoms with van der Waals surface area (Å²) in [7, 11) is 0. The van der Waals surface area contributed by atoms with Gasteiger partial charge in [-0.1, -0.05) is 11.6 Å². The highest BCUT2D eigenvalue weighted by Crippen LogP contribution is 2.53. The predicted molar refractivity (Wildman–Crippen MR) is 116 cm³/mol. The average molecular weight is 443 g/mol. The number of nitrogens with zero attached hydrogens (tertiary/aromatic N) is 4. The van der Waals surface area contributed by atoms with Crippen LogP contribution >= 0.6 is 11.6 Å². The third-order valence-corrected chi connectivity index (χ3v) is 7.77. The molecule has 2 aromatic rings.